The topological polar surface area (TPSA) is 32.3 Å². The van der Waals surface area contributed by atoms with Gasteiger partial charge in [-0.3, -0.25) is 0 Å². The Bertz CT molecular complexity index is 339. The van der Waals surface area contributed by atoms with Gasteiger partial charge in [-0.2, -0.15) is 0 Å². The van der Waals surface area contributed by atoms with E-state index in [9.17, 15) is 9.18 Å². The smallest absolute Gasteiger partial charge is 0.316 e. The molecule has 1 aromatic carbocycles. The fourth-order valence-electron chi connectivity index (χ4n) is 1.16. The molecule has 82 valence electrons. The summed E-state index contributed by atoms with van der Waals surface area (Å²) in [7, 11) is 3.36. The van der Waals surface area contributed by atoms with Gasteiger partial charge in [0.2, 0.25) is 0 Å². The Morgan fingerprint density at radius 2 is 2.20 bits per heavy atom. The molecule has 0 aromatic heterocycles. The normalized spacial score (nSPS) is 9.80. The van der Waals surface area contributed by atoms with Gasteiger partial charge in [0.25, 0.3) is 0 Å². The summed E-state index contributed by atoms with van der Waals surface area (Å²) >= 11 is 0. The average Bonchev–Trinajstić information content (AvgIpc) is 2.17. The second-order valence-corrected chi connectivity index (χ2v) is 3.51. The van der Waals surface area contributed by atoms with E-state index in [0.717, 1.165) is 5.56 Å². The standard InChI is InChI=1S/C11H15FN2O/c1-14(2)11(15)13-7-6-9-4-3-5-10(12)8-9/h3-5,8H,6-7H2,1-2H3,(H,13,15). The van der Waals surface area contributed by atoms with Crippen LogP contribution < -0.4 is 5.32 Å². The SMILES string of the molecule is CN(C)C(=O)NCCc1cccc(F)c1. The monoisotopic (exact) mass is 210 g/mol. The summed E-state index contributed by atoms with van der Waals surface area (Å²) in [6.07, 6.45) is 0.636. The lowest BCUT2D eigenvalue weighted by atomic mass is 10.1. The van der Waals surface area contributed by atoms with Crippen LogP contribution in [0.5, 0.6) is 0 Å². The van der Waals surface area contributed by atoms with E-state index < -0.39 is 0 Å². The second kappa shape index (κ2) is 5.34. The fourth-order valence-corrected chi connectivity index (χ4v) is 1.16. The number of carbonyl (C=O) groups excluding carboxylic acids is 1. The van der Waals surface area contributed by atoms with E-state index in [0.29, 0.717) is 13.0 Å². The largest absolute Gasteiger partial charge is 0.338 e. The molecule has 0 aliphatic heterocycles. The molecule has 0 bridgehead atoms. The van der Waals surface area contributed by atoms with Gasteiger partial charge in [0.1, 0.15) is 5.82 Å². The number of carbonyl (C=O) groups is 1. The van der Waals surface area contributed by atoms with Crippen molar-refractivity contribution in [2.75, 3.05) is 20.6 Å². The van der Waals surface area contributed by atoms with E-state index in [1.165, 1.54) is 17.0 Å². The first-order valence-corrected chi connectivity index (χ1v) is 4.79. The first-order valence-electron chi connectivity index (χ1n) is 4.79. The van der Waals surface area contributed by atoms with Crippen molar-refractivity contribution in [1.82, 2.24) is 10.2 Å². The van der Waals surface area contributed by atoms with Crippen LogP contribution in [-0.4, -0.2) is 31.6 Å². The Labute approximate surface area is 88.9 Å². The minimum Gasteiger partial charge on any atom is -0.338 e. The van der Waals surface area contributed by atoms with E-state index in [1.54, 1.807) is 20.2 Å². The quantitative estimate of drug-likeness (QED) is 0.808. The van der Waals surface area contributed by atoms with Crippen LogP contribution in [0.4, 0.5) is 9.18 Å². The van der Waals surface area contributed by atoms with E-state index in [-0.39, 0.29) is 11.8 Å². The maximum atomic E-state index is 12.8. The molecule has 1 aromatic rings. The number of urea groups is 1. The number of halogens is 1. The van der Waals surface area contributed by atoms with Gasteiger partial charge < -0.3 is 10.2 Å². The van der Waals surface area contributed by atoms with Crippen LogP contribution in [0, 0.1) is 5.82 Å². The van der Waals surface area contributed by atoms with Crippen molar-refractivity contribution >= 4 is 6.03 Å². The van der Waals surface area contributed by atoms with Gasteiger partial charge in [-0.05, 0) is 24.1 Å². The molecule has 0 saturated heterocycles. The number of nitrogens with zero attached hydrogens (tertiary/aromatic N) is 1. The van der Waals surface area contributed by atoms with Crippen molar-refractivity contribution in [1.29, 1.82) is 0 Å². The highest BCUT2D eigenvalue weighted by molar-refractivity contribution is 5.73. The van der Waals surface area contributed by atoms with Crippen LogP contribution in [-0.2, 0) is 6.42 Å². The van der Waals surface area contributed by atoms with Crippen LogP contribution in [0.15, 0.2) is 24.3 Å². The molecular formula is C11H15FN2O. The number of nitrogens with one attached hydrogen (secondary N) is 1. The molecule has 1 N–H and O–H groups in total. The molecule has 4 heteroatoms. The van der Waals surface area contributed by atoms with Gasteiger partial charge in [-0.25, -0.2) is 9.18 Å². The molecule has 2 amide bonds. The molecule has 0 spiro atoms. The molecule has 0 aliphatic carbocycles. The highest BCUT2D eigenvalue weighted by Crippen LogP contribution is 2.03. The lowest BCUT2D eigenvalue weighted by molar-refractivity contribution is 0.217. The van der Waals surface area contributed by atoms with Crippen molar-refractivity contribution in [3.8, 4) is 0 Å². The van der Waals surface area contributed by atoms with Crippen LogP contribution in [0.2, 0.25) is 0 Å². The Balaban J connectivity index is 2.35. The summed E-state index contributed by atoms with van der Waals surface area (Å²) in [6, 6.07) is 6.25. The molecule has 0 unspecified atom stereocenters. The van der Waals surface area contributed by atoms with Gasteiger partial charge in [0.05, 0.1) is 0 Å². The zero-order chi connectivity index (χ0) is 11.3. The maximum Gasteiger partial charge on any atom is 0.316 e. The molecule has 0 saturated carbocycles. The van der Waals surface area contributed by atoms with Crippen molar-refractivity contribution in [3.63, 3.8) is 0 Å². The molecule has 0 fully saturated rings. The molecule has 0 atom stereocenters. The van der Waals surface area contributed by atoms with Gasteiger partial charge in [0, 0.05) is 20.6 Å². The molecule has 15 heavy (non-hydrogen) atoms. The molecular weight excluding hydrogens is 195 g/mol. The van der Waals surface area contributed by atoms with Crippen LogP contribution in [0.25, 0.3) is 0 Å². The highest BCUT2D eigenvalue weighted by atomic mass is 19.1. The Hall–Kier alpha value is -1.58. The lowest BCUT2D eigenvalue weighted by Crippen LogP contribution is -2.35. The third-order valence-electron chi connectivity index (χ3n) is 1.99. The summed E-state index contributed by atoms with van der Waals surface area (Å²) in [5, 5.41) is 2.71. The number of benzene rings is 1. The number of rotatable bonds is 3. The summed E-state index contributed by atoms with van der Waals surface area (Å²) in [6.45, 7) is 0.514. The van der Waals surface area contributed by atoms with Gasteiger partial charge in [0.15, 0.2) is 0 Å². The van der Waals surface area contributed by atoms with Crippen molar-refractivity contribution in [2.45, 2.75) is 6.42 Å². The fraction of sp³-hybridized carbons (Fsp3) is 0.364. The van der Waals surface area contributed by atoms with E-state index in [4.69, 9.17) is 0 Å². The molecule has 3 nitrogen and oxygen atoms in total. The number of amides is 2. The molecule has 1 rings (SSSR count). The Morgan fingerprint density at radius 3 is 2.80 bits per heavy atom. The molecule has 0 aliphatic rings. The molecule has 0 heterocycles. The third kappa shape index (κ3) is 3.97. The first-order chi connectivity index (χ1) is 7.09. The average molecular weight is 210 g/mol. The van der Waals surface area contributed by atoms with Crippen LogP contribution in [0.3, 0.4) is 0 Å². The number of hydrogen-bond donors (Lipinski definition) is 1. The summed E-state index contributed by atoms with van der Waals surface area (Å²) in [4.78, 5) is 12.6. The minimum atomic E-state index is -0.244. The summed E-state index contributed by atoms with van der Waals surface area (Å²) < 4.78 is 12.8. The van der Waals surface area contributed by atoms with Gasteiger partial charge >= 0.3 is 6.03 Å². The molecule has 0 radical (unpaired) electrons. The van der Waals surface area contributed by atoms with Gasteiger partial charge in [-0.15, -0.1) is 0 Å². The zero-order valence-corrected chi connectivity index (χ0v) is 8.96. The maximum absolute atomic E-state index is 12.8. The predicted octanol–water partition coefficient (Wildman–Crippen LogP) is 1.64. The number of hydrogen-bond acceptors (Lipinski definition) is 1. The third-order valence-corrected chi connectivity index (χ3v) is 1.99. The Kier molecular flexibility index (Phi) is 4.09. The zero-order valence-electron chi connectivity index (χ0n) is 8.96. The van der Waals surface area contributed by atoms with Crippen molar-refractivity contribution < 1.29 is 9.18 Å². The van der Waals surface area contributed by atoms with Crippen molar-refractivity contribution in [2.24, 2.45) is 0 Å². The highest BCUT2D eigenvalue weighted by Gasteiger charge is 2.01. The summed E-state index contributed by atoms with van der Waals surface area (Å²) in [5.41, 5.74) is 0.883. The van der Waals surface area contributed by atoms with E-state index >= 15 is 0 Å². The summed E-state index contributed by atoms with van der Waals surface area (Å²) in [5.74, 6) is -0.244. The van der Waals surface area contributed by atoms with E-state index in [1.807, 2.05) is 6.07 Å². The first kappa shape index (κ1) is 11.5. The van der Waals surface area contributed by atoms with Crippen molar-refractivity contribution in [3.05, 3.63) is 35.6 Å². The minimum absolute atomic E-state index is 0.133. The van der Waals surface area contributed by atoms with Crippen LogP contribution >= 0.6 is 0 Å². The Morgan fingerprint density at radius 1 is 1.47 bits per heavy atom. The van der Waals surface area contributed by atoms with E-state index in [2.05, 4.69) is 5.32 Å². The lowest BCUT2D eigenvalue weighted by Gasteiger charge is -2.11. The van der Waals surface area contributed by atoms with Gasteiger partial charge in [-0.1, -0.05) is 12.1 Å². The van der Waals surface area contributed by atoms with Crippen LogP contribution in [0.1, 0.15) is 5.56 Å². The second-order valence-electron chi connectivity index (χ2n) is 3.51. The predicted molar refractivity (Wildman–Crippen MR) is 57.2 cm³/mol.